The fourth-order valence-electron chi connectivity index (χ4n) is 2.46. The summed E-state index contributed by atoms with van der Waals surface area (Å²) in [6.07, 6.45) is 0. The average Bonchev–Trinajstić information content (AvgIpc) is 2.59. The van der Waals surface area contributed by atoms with E-state index in [-0.39, 0.29) is 11.7 Å². The molecule has 0 saturated carbocycles. The van der Waals surface area contributed by atoms with E-state index in [0.29, 0.717) is 11.3 Å². The van der Waals surface area contributed by atoms with Crippen LogP contribution in [0.25, 0.3) is 10.9 Å². The molecule has 1 amide bonds. The molecule has 24 heavy (non-hydrogen) atoms. The minimum Gasteiger partial charge on any atom is -0.508 e. The van der Waals surface area contributed by atoms with Crippen LogP contribution in [0.4, 0.5) is 0 Å². The van der Waals surface area contributed by atoms with Crippen molar-refractivity contribution < 1.29 is 9.90 Å². The molecule has 120 valence electrons. The van der Waals surface area contributed by atoms with Crippen LogP contribution < -0.4 is 5.43 Å². The van der Waals surface area contributed by atoms with Crippen LogP contribution in [-0.4, -0.2) is 21.7 Å². The van der Waals surface area contributed by atoms with Gasteiger partial charge in [0.25, 0.3) is 5.91 Å². The number of aromatic nitrogens is 1. The molecule has 1 aromatic heterocycles. The number of carbonyl (C=O) groups excluding carboxylic acids is 1. The highest BCUT2D eigenvalue weighted by Crippen LogP contribution is 2.18. The molecule has 0 fully saturated rings. The van der Waals surface area contributed by atoms with E-state index in [0.717, 1.165) is 22.2 Å². The van der Waals surface area contributed by atoms with E-state index in [2.05, 4.69) is 15.5 Å². The number of aryl methyl sites for hydroxylation is 1. The molecule has 2 aromatic carbocycles. The summed E-state index contributed by atoms with van der Waals surface area (Å²) in [4.78, 5) is 16.9. The number of nitrogens with one attached hydrogen (secondary N) is 1. The van der Waals surface area contributed by atoms with Gasteiger partial charge in [0.1, 0.15) is 5.75 Å². The Morgan fingerprint density at radius 2 is 1.83 bits per heavy atom. The van der Waals surface area contributed by atoms with E-state index < -0.39 is 0 Å². The second kappa shape index (κ2) is 6.50. The third-order valence-corrected chi connectivity index (χ3v) is 3.70. The number of aromatic hydroxyl groups is 1. The number of phenolic OH excluding ortho intramolecular Hbond substituents is 1. The molecule has 0 atom stereocenters. The molecule has 0 aliphatic rings. The van der Waals surface area contributed by atoms with Gasteiger partial charge in [-0.15, -0.1) is 0 Å². The molecule has 0 aliphatic carbocycles. The first kappa shape index (κ1) is 15.7. The van der Waals surface area contributed by atoms with Crippen LogP contribution in [0.3, 0.4) is 0 Å². The van der Waals surface area contributed by atoms with Gasteiger partial charge in [0.05, 0.1) is 16.8 Å². The van der Waals surface area contributed by atoms with Gasteiger partial charge in [0.15, 0.2) is 0 Å². The minimum absolute atomic E-state index is 0.189. The average molecular weight is 319 g/mol. The maximum Gasteiger partial charge on any atom is 0.272 e. The Bertz CT molecular complexity index is 931. The lowest BCUT2D eigenvalue weighted by molar-refractivity contribution is 0.0956. The Kier molecular flexibility index (Phi) is 4.24. The highest BCUT2D eigenvalue weighted by atomic mass is 16.3. The predicted octanol–water partition coefficient (Wildman–Crippen LogP) is 3.40. The molecule has 3 rings (SSSR count). The summed E-state index contributed by atoms with van der Waals surface area (Å²) >= 11 is 0. The molecule has 1 heterocycles. The number of phenols is 1. The highest BCUT2D eigenvalue weighted by molar-refractivity contribution is 6.07. The number of pyridine rings is 1. The molecule has 3 aromatic rings. The fraction of sp³-hybridized carbons (Fsp3) is 0.105. The van der Waals surface area contributed by atoms with Crippen molar-refractivity contribution in [3.05, 3.63) is 71.4 Å². The number of fused-ring (bicyclic) bond motifs is 1. The van der Waals surface area contributed by atoms with Gasteiger partial charge in [-0.1, -0.05) is 18.2 Å². The second-order valence-corrected chi connectivity index (χ2v) is 5.51. The van der Waals surface area contributed by atoms with Crippen LogP contribution in [0.2, 0.25) is 0 Å². The largest absolute Gasteiger partial charge is 0.508 e. The van der Waals surface area contributed by atoms with Crippen LogP contribution in [0, 0.1) is 6.92 Å². The number of nitrogens with zero attached hydrogens (tertiary/aromatic N) is 2. The smallest absolute Gasteiger partial charge is 0.272 e. The second-order valence-electron chi connectivity index (χ2n) is 5.51. The molecule has 5 heteroatoms. The van der Waals surface area contributed by atoms with Gasteiger partial charge in [0.2, 0.25) is 0 Å². The third kappa shape index (κ3) is 3.25. The number of hydrogen-bond acceptors (Lipinski definition) is 4. The lowest BCUT2D eigenvalue weighted by atomic mass is 10.1. The number of para-hydroxylation sites is 1. The van der Waals surface area contributed by atoms with Crippen LogP contribution in [0.15, 0.2) is 59.7 Å². The molecular formula is C19H17N3O2. The van der Waals surface area contributed by atoms with Crippen molar-refractivity contribution >= 4 is 22.5 Å². The van der Waals surface area contributed by atoms with Crippen molar-refractivity contribution in [2.75, 3.05) is 0 Å². The van der Waals surface area contributed by atoms with Gasteiger partial charge in [-0.2, -0.15) is 5.10 Å². The van der Waals surface area contributed by atoms with Crippen LogP contribution in [0.5, 0.6) is 5.75 Å². The maximum absolute atomic E-state index is 12.5. The van der Waals surface area contributed by atoms with Crippen LogP contribution in [0.1, 0.15) is 28.5 Å². The van der Waals surface area contributed by atoms with Gasteiger partial charge < -0.3 is 5.11 Å². The normalized spacial score (nSPS) is 11.5. The molecule has 0 spiro atoms. The predicted molar refractivity (Wildman–Crippen MR) is 94.3 cm³/mol. The van der Waals surface area contributed by atoms with Gasteiger partial charge in [-0.3, -0.25) is 9.78 Å². The van der Waals surface area contributed by atoms with Crippen molar-refractivity contribution in [1.29, 1.82) is 0 Å². The lowest BCUT2D eigenvalue weighted by Crippen LogP contribution is -2.20. The quantitative estimate of drug-likeness (QED) is 0.574. The van der Waals surface area contributed by atoms with Crippen LogP contribution >= 0.6 is 0 Å². The maximum atomic E-state index is 12.5. The number of carbonyl (C=O) groups is 1. The molecule has 0 saturated heterocycles. The van der Waals surface area contributed by atoms with E-state index in [1.807, 2.05) is 31.2 Å². The number of rotatable bonds is 3. The Morgan fingerprint density at radius 1 is 1.12 bits per heavy atom. The summed E-state index contributed by atoms with van der Waals surface area (Å²) in [5.74, 6) is -0.0934. The van der Waals surface area contributed by atoms with E-state index >= 15 is 0 Å². The summed E-state index contributed by atoms with van der Waals surface area (Å²) in [5.41, 5.74) is 6.16. The number of hydrazone groups is 1. The van der Waals surface area contributed by atoms with Crippen molar-refractivity contribution in [2.45, 2.75) is 13.8 Å². The van der Waals surface area contributed by atoms with E-state index in [1.54, 1.807) is 37.3 Å². The first-order valence-electron chi connectivity index (χ1n) is 7.55. The van der Waals surface area contributed by atoms with Gasteiger partial charge in [-0.25, -0.2) is 5.43 Å². The lowest BCUT2D eigenvalue weighted by Gasteiger charge is -2.07. The number of benzene rings is 2. The summed E-state index contributed by atoms with van der Waals surface area (Å²) in [6, 6.07) is 15.9. The zero-order valence-corrected chi connectivity index (χ0v) is 13.4. The zero-order valence-electron chi connectivity index (χ0n) is 13.4. The van der Waals surface area contributed by atoms with Crippen molar-refractivity contribution in [3.63, 3.8) is 0 Å². The fourth-order valence-corrected chi connectivity index (χ4v) is 2.46. The Balaban J connectivity index is 1.87. The number of amides is 1. The third-order valence-electron chi connectivity index (χ3n) is 3.70. The van der Waals surface area contributed by atoms with Crippen molar-refractivity contribution in [1.82, 2.24) is 10.4 Å². The first-order chi connectivity index (χ1) is 11.5. The number of hydrogen-bond donors (Lipinski definition) is 2. The van der Waals surface area contributed by atoms with Gasteiger partial charge in [-0.05, 0) is 55.8 Å². The Morgan fingerprint density at radius 3 is 2.58 bits per heavy atom. The molecule has 0 radical (unpaired) electrons. The topological polar surface area (TPSA) is 74.6 Å². The zero-order chi connectivity index (χ0) is 17.1. The summed E-state index contributed by atoms with van der Waals surface area (Å²) in [7, 11) is 0. The van der Waals surface area contributed by atoms with Crippen LogP contribution in [-0.2, 0) is 0 Å². The molecular weight excluding hydrogens is 302 g/mol. The van der Waals surface area contributed by atoms with E-state index in [4.69, 9.17) is 0 Å². The standard InChI is InChI=1S/C19H17N3O2/c1-12-11-17(16-5-3-4-6-18(16)20-12)19(24)22-21-13(2)14-7-9-15(23)10-8-14/h3-11,23H,1-2H3,(H,22,24)/b21-13+. The summed E-state index contributed by atoms with van der Waals surface area (Å²) < 4.78 is 0. The first-order valence-corrected chi connectivity index (χ1v) is 7.55. The highest BCUT2D eigenvalue weighted by Gasteiger charge is 2.11. The van der Waals surface area contributed by atoms with E-state index in [9.17, 15) is 9.90 Å². The van der Waals surface area contributed by atoms with Crippen molar-refractivity contribution in [2.24, 2.45) is 5.10 Å². The monoisotopic (exact) mass is 319 g/mol. The SMILES string of the molecule is C/C(=N\NC(=O)c1cc(C)nc2ccccc12)c1ccc(O)cc1. The summed E-state index contributed by atoms with van der Waals surface area (Å²) in [5, 5.41) is 14.3. The molecule has 0 unspecified atom stereocenters. The minimum atomic E-state index is -0.283. The van der Waals surface area contributed by atoms with Crippen molar-refractivity contribution in [3.8, 4) is 5.75 Å². The molecule has 2 N–H and O–H groups in total. The van der Waals surface area contributed by atoms with Gasteiger partial charge >= 0.3 is 0 Å². The molecule has 0 aliphatic heterocycles. The Labute approximate surface area is 139 Å². The Hall–Kier alpha value is -3.21. The molecule has 5 nitrogen and oxygen atoms in total. The molecule has 0 bridgehead atoms. The van der Waals surface area contributed by atoms with Gasteiger partial charge in [0, 0.05) is 11.1 Å². The summed E-state index contributed by atoms with van der Waals surface area (Å²) in [6.45, 7) is 3.65. The van der Waals surface area contributed by atoms with E-state index in [1.165, 1.54) is 0 Å².